The summed E-state index contributed by atoms with van der Waals surface area (Å²) in [5, 5.41) is 11.5. The third-order valence-electron chi connectivity index (χ3n) is 5.37. The maximum Gasteiger partial charge on any atom is 0.106 e. The van der Waals surface area contributed by atoms with Crippen LogP contribution in [-0.4, -0.2) is 5.11 Å². The molecular weight excluding hydrogens is 340 g/mol. The number of aliphatic hydroxyl groups is 1. The molecule has 0 saturated heterocycles. The van der Waals surface area contributed by atoms with Crippen molar-refractivity contribution >= 4 is 0 Å². The van der Waals surface area contributed by atoms with Gasteiger partial charge in [0.15, 0.2) is 0 Å². The topological polar surface area (TPSA) is 20.2 Å². The van der Waals surface area contributed by atoms with E-state index in [1.807, 2.05) is 36.4 Å². The molecular formula is C27H24O. The van der Waals surface area contributed by atoms with Gasteiger partial charge in [-0.25, -0.2) is 0 Å². The molecule has 0 amide bonds. The van der Waals surface area contributed by atoms with Crippen molar-refractivity contribution in [1.82, 2.24) is 0 Å². The molecule has 0 fully saturated rings. The molecule has 4 aromatic carbocycles. The molecule has 0 saturated carbocycles. The molecule has 0 radical (unpaired) electrons. The first kappa shape index (κ1) is 18.2. The van der Waals surface area contributed by atoms with Gasteiger partial charge in [-0.3, -0.25) is 0 Å². The zero-order valence-corrected chi connectivity index (χ0v) is 16.3. The van der Waals surface area contributed by atoms with E-state index >= 15 is 0 Å². The van der Waals surface area contributed by atoms with Gasteiger partial charge in [0.1, 0.15) is 6.10 Å². The fourth-order valence-corrected chi connectivity index (χ4v) is 3.93. The third kappa shape index (κ3) is 3.37. The van der Waals surface area contributed by atoms with E-state index in [2.05, 4.69) is 74.5 Å². The van der Waals surface area contributed by atoms with E-state index in [0.717, 1.165) is 38.9 Å². The highest BCUT2D eigenvalue weighted by Crippen LogP contribution is 2.38. The summed E-state index contributed by atoms with van der Waals surface area (Å²) in [6.45, 7) is 4.19. The van der Waals surface area contributed by atoms with Crippen molar-refractivity contribution in [1.29, 1.82) is 0 Å². The van der Waals surface area contributed by atoms with E-state index in [1.165, 1.54) is 5.56 Å². The Labute approximate surface area is 166 Å². The normalized spacial score (nSPS) is 12.0. The van der Waals surface area contributed by atoms with Crippen LogP contribution in [0.3, 0.4) is 0 Å². The van der Waals surface area contributed by atoms with Crippen LogP contribution in [0.25, 0.3) is 22.3 Å². The molecule has 0 bridgehead atoms. The van der Waals surface area contributed by atoms with Gasteiger partial charge < -0.3 is 5.11 Å². The van der Waals surface area contributed by atoms with Gasteiger partial charge in [-0.15, -0.1) is 0 Å². The highest BCUT2D eigenvalue weighted by atomic mass is 16.3. The first-order chi connectivity index (χ1) is 13.7. The molecule has 1 heteroatoms. The zero-order valence-electron chi connectivity index (χ0n) is 16.3. The molecule has 1 N–H and O–H groups in total. The fourth-order valence-electron chi connectivity index (χ4n) is 3.93. The monoisotopic (exact) mass is 364 g/mol. The largest absolute Gasteiger partial charge is 0.384 e. The van der Waals surface area contributed by atoms with Crippen molar-refractivity contribution in [3.63, 3.8) is 0 Å². The van der Waals surface area contributed by atoms with Gasteiger partial charge in [-0.2, -0.15) is 0 Å². The molecule has 0 aromatic heterocycles. The van der Waals surface area contributed by atoms with Gasteiger partial charge in [0.25, 0.3) is 0 Å². The number of benzene rings is 4. The Balaban J connectivity index is 1.90. The molecule has 1 nitrogen and oxygen atoms in total. The Morgan fingerprint density at radius 3 is 1.86 bits per heavy atom. The average Bonchev–Trinajstić information content (AvgIpc) is 2.74. The zero-order chi connectivity index (χ0) is 19.5. The SMILES string of the molecule is Cc1ccccc1-c1cccc(C)c1C(O)c1ccccc1-c1ccccc1. The standard InChI is InChI=1S/C27H24O/c1-19-11-6-7-15-22(19)24-18-10-12-20(2)26(24)27(28)25-17-9-8-16-23(25)21-13-4-3-5-14-21/h3-18,27-28H,1-2H3. The summed E-state index contributed by atoms with van der Waals surface area (Å²) in [5.41, 5.74) is 8.63. The van der Waals surface area contributed by atoms with Crippen molar-refractivity contribution < 1.29 is 5.11 Å². The maximum atomic E-state index is 11.5. The van der Waals surface area contributed by atoms with Gasteiger partial charge in [-0.1, -0.05) is 97.1 Å². The fraction of sp³-hybridized carbons (Fsp3) is 0.111. The molecule has 0 aliphatic carbocycles. The minimum absolute atomic E-state index is 0.702. The van der Waals surface area contributed by atoms with Crippen molar-refractivity contribution in [2.75, 3.05) is 0 Å². The van der Waals surface area contributed by atoms with Crippen LogP contribution >= 0.6 is 0 Å². The number of aryl methyl sites for hydroxylation is 2. The quantitative estimate of drug-likeness (QED) is 0.426. The second-order valence-corrected chi connectivity index (χ2v) is 7.21. The number of hydrogen-bond donors (Lipinski definition) is 1. The van der Waals surface area contributed by atoms with Gasteiger partial charge in [0.2, 0.25) is 0 Å². The summed E-state index contributed by atoms with van der Waals surface area (Å²) >= 11 is 0. The summed E-state index contributed by atoms with van der Waals surface area (Å²) < 4.78 is 0. The Hall–Kier alpha value is -3.16. The average molecular weight is 364 g/mol. The van der Waals surface area contributed by atoms with Gasteiger partial charge in [-0.05, 0) is 58.4 Å². The van der Waals surface area contributed by atoms with Crippen LogP contribution in [0, 0.1) is 13.8 Å². The molecule has 28 heavy (non-hydrogen) atoms. The van der Waals surface area contributed by atoms with E-state index in [-0.39, 0.29) is 0 Å². The predicted molar refractivity (Wildman–Crippen MR) is 117 cm³/mol. The van der Waals surface area contributed by atoms with Crippen LogP contribution in [0.4, 0.5) is 0 Å². The molecule has 4 aromatic rings. The van der Waals surface area contributed by atoms with Crippen molar-refractivity contribution in [3.05, 3.63) is 119 Å². The Morgan fingerprint density at radius 2 is 1.11 bits per heavy atom. The predicted octanol–water partition coefficient (Wildman–Crippen LogP) is 6.72. The lowest BCUT2D eigenvalue weighted by atomic mass is 9.85. The van der Waals surface area contributed by atoms with E-state index in [9.17, 15) is 5.11 Å². The molecule has 1 unspecified atom stereocenters. The Bertz CT molecular complexity index is 1100. The minimum Gasteiger partial charge on any atom is -0.384 e. The molecule has 138 valence electrons. The van der Waals surface area contributed by atoms with Crippen LogP contribution in [-0.2, 0) is 0 Å². The number of aliphatic hydroxyl groups excluding tert-OH is 1. The first-order valence-electron chi connectivity index (χ1n) is 9.64. The minimum atomic E-state index is -0.702. The van der Waals surface area contributed by atoms with Crippen LogP contribution in [0.2, 0.25) is 0 Å². The van der Waals surface area contributed by atoms with Gasteiger partial charge >= 0.3 is 0 Å². The highest BCUT2D eigenvalue weighted by Gasteiger charge is 2.21. The highest BCUT2D eigenvalue weighted by molar-refractivity contribution is 5.75. The van der Waals surface area contributed by atoms with E-state index in [0.29, 0.717) is 0 Å². The van der Waals surface area contributed by atoms with Crippen molar-refractivity contribution in [2.24, 2.45) is 0 Å². The lowest BCUT2D eigenvalue weighted by Gasteiger charge is -2.22. The van der Waals surface area contributed by atoms with Gasteiger partial charge in [0, 0.05) is 0 Å². The van der Waals surface area contributed by atoms with Gasteiger partial charge in [0.05, 0.1) is 0 Å². The lowest BCUT2D eigenvalue weighted by Crippen LogP contribution is -2.06. The second kappa shape index (κ2) is 7.84. The summed E-state index contributed by atoms with van der Waals surface area (Å²) in [4.78, 5) is 0. The first-order valence-corrected chi connectivity index (χ1v) is 9.64. The maximum absolute atomic E-state index is 11.5. The molecule has 0 heterocycles. The second-order valence-electron chi connectivity index (χ2n) is 7.21. The van der Waals surface area contributed by atoms with Crippen molar-refractivity contribution in [3.8, 4) is 22.3 Å². The van der Waals surface area contributed by atoms with Crippen LogP contribution in [0.1, 0.15) is 28.4 Å². The lowest BCUT2D eigenvalue weighted by molar-refractivity contribution is 0.220. The van der Waals surface area contributed by atoms with E-state index in [4.69, 9.17) is 0 Å². The van der Waals surface area contributed by atoms with E-state index < -0.39 is 6.10 Å². The summed E-state index contributed by atoms with van der Waals surface area (Å²) in [6, 6.07) is 33.0. The smallest absolute Gasteiger partial charge is 0.106 e. The number of rotatable bonds is 4. The molecule has 0 aliphatic rings. The van der Waals surface area contributed by atoms with E-state index in [1.54, 1.807) is 0 Å². The molecule has 4 rings (SSSR count). The van der Waals surface area contributed by atoms with Crippen LogP contribution < -0.4 is 0 Å². The molecule has 0 aliphatic heterocycles. The Morgan fingerprint density at radius 1 is 0.536 bits per heavy atom. The number of hydrogen-bond acceptors (Lipinski definition) is 1. The summed E-state index contributed by atoms with van der Waals surface area (Å²) in [5.74, 6) is 0. The van der Waals surface area contributed by atoms with Crippen LogP contribution in [0.5, 0.6) is 0 Å². The summed E-state index contributed by atoms with van der Waals surface area (Å²) in [7, 11) is 0. The Kier molecular flexibility index (Phi) is 5.10. The molecule has 1 atom stereocenters. The van der Waals surface area contributed by atoms with Crippen molar-refractivity contribution in [2.45, 2.75) is 20.0 Å². The molecule has 0 spiro atoms. The third-order valence-corrected chi connectivity index (χ3v) is 5.37. The van der Waals surface area contributed by atoms with Crippen LogP contribution in [0.15, 0.2) is 97.1 Å². The summed E-state index contributed by atoms with van der Waals surface area (Å²) in [6.07, 6.45) is -0.702.